The number of carboxylic acids is 1. The molecule has 0 unspecified atom stereocenters. The van der Waals surface area contributed by atoms with Gasteiger partial charge in [0.15, 0.2) is 17.5 Å². The van der Waals surface area contributed by atoms with Gasteiger partial charge in [-0.25, -0.2) is 4.79 Å². The van der Waals surface area contributed by atoms with Crippen LogP contribution >= 0.6 is 0 Å². The summed E-state index contributed by atoms with van der Waals surface area (Å²) in [6.45, 7) is 0.0116. The molecule has 15 nitrogen and oxygen atoms in total. The Morgan fingerprint density at radius 2 is 1.70 bits per heavy atom. The zero-order valence-electron chi connectivity index (χ0n) is 26.5. The number of esters is 1. The molecule has 1 aromatic heterocycles. The Bertz CT molecular complexity index is 1940. The first-order valence-corrected chi connectivity index (χ1v) is 16.0. The largest absolute Gasteiger partial charge is 0.507 e. The molecule has 0 spiro atoms. The monoisotopic (exact) mass is 693 g/mol. The SMILES string of the molecule is O=C(CCc1cc(C(=O)c2ccc(OC3CCCC3)cc2O)ccc1OCc1ccc2c(=O)[nH]oc2c1)O[C@@H]1O[C@H](C(=O)O)[C@@H](O)[C@H](O)[C@H]1O. The lowest BCUT2D eigenvalue weighted by Crippen LogP contribution is -2.60. The van der Waals surface area contributed by atoms with Gasteiger partial charge in [0.2, 0.25) is 6.29 Å². The minimum atomic E-state index is -1.96. The summed E-state index contributed by atoms with van der Waals surface area (Å²) in [5.41, 5.74) is 1.18. The average molecular weight is 694 g/mol. The Morgan fingerprint density at radius 3 is 2.44 bits per heavy atom. The van der Waals surface area contributed by atoms with Gasteiger partial charge in [0.1, 0.15) is 42.2 Å². The summed E-state index contributed by atoms with van der Waals surface area (Å²) in [5, 5.41) is 52.8. The zero-order chi connectivity index (χ0) is 35.5. The molecule has 6 N–H and O–H groups in total. The van der Waals surface area contributed by atoms with Crippen LogP contribution in [0.2, 0.25) is 0 Å². The zero-order valence-corrected chi connectivity index (χ0v) is 26.5. The van der Waals surface area contributed by atoms with Crippen LogP contribution < -0.4 is 15.0 Å². The summed E-state index contributed by atoms with van der Waals surface area (Å²) >= 11 is 0. The lowest BCUT2D eigenvalue weighted by molar-refractivity contribution is -0.286. The number of aliphatic hydroxyl groups excluding tert-OH is 3. The van der Waals surface area contributed by atoms with E-state index in [0.29, 0.717) is 27.8 Å². The van der Waals surface area contributed by atoms with Crippen LogP contribution in [0.1, 0.15) is 59.2 Å². The number of aliphatic hydroxyl groups is 3. The molecule has 4 aromatic rings. The minimum Gasteiger partial charge on any atom is -0.507 e. The van der Waals surface area contributed by atoms with Gasteiger partial charge in [-0.3, -0.25) is 14.4 Å². The Balaban J connectivity index is 1.20. The third-order valence-electron chi connectivity index (χ3n) is 8.74. The van der Waals surface area contributed by atoms with E-state index in [1.165, 1.54) is 30.3 Å². The summed E-state index contributed by atoms with van der Waals surface area (Å²) in [5.74, 6) is -2.62. The molecule has 0 radical (unpaired) electrons. The second kappa shape index (κ2) is 14.7. The van der Waals surface area contributed by atoms with Crippen molar-refractivity contribution >= 4 is 28.7 Å². The number of nitrogens with one attached hydrogen (secondary N) is 1. The summed E-state index contributed by atoms with van der Waals surface area (Å²) in [6, 6.07) is 13.9. The highest BCUT2D eigenvalue weighted by Crippen LogP contribution is 2.31. The predicted molar refractivity (Wildman–Crippen MR) is 171 cm³/mol. The second-order valence-corrected chi connectivity index (χ2v) is 12.2. The maximum absolute atomic E-state index is 13.6. The number of hydrogen-bond donors (Lipinski definition) is 6. The Hall–Kier alpha value is -5.22. The van der Waals surface area contributed by atoms with Gasteiger partial charge in [0.25, 0.3) is 5.56 Å². The molecular weight excluding hydrogens is 658 g/mol. The lowest BCUT2D eigenvalue weighted by atomic mass is 9.98. The molecule has 1 aliphatic carbocycles. The van der Waals surface area contributed by atoms with Crippen LogP contribution in [0.5, 0.6) is 17.2 Å². The average Bonchev–Trinajstić information content (AvgIpc) is 3.75. The summed E-state index contributed by atoms with van der Waals surface area (Å²) in [4.78, 5) is 49.7. The minimum absolute atomic E-state index is 0.0116. The third kappa shape index (κ3) is 7.50. The van der Waals surface area contributed by atoms with Crippen LogP contribution in [0.4, 0.5) is 0 Å². The molecule has 1 saturated carbocycles. The van der Waals surface area contributed by atoms with Crippen molar-refractivity contribution in [1.29, 1.82) is 0 Å². The number of carboxylic acid groups (broad SMARTS) is 1. The first-order chi connectivity index (χ1) is 24.0. The van der Waals surface area contributed by atoms with Crippen molar-refractivity contribution in [3.8, 4) is 17.2 Å². The van der Waals surface area contributed by atoms with E-state index in [9.17, 15) is 44.7 Å². The van der Waals surface area contributed by atoms with Gasteiger partial charge in [-0.1, -0.05) is 6.07 Å². The maximum atomic E-state index is 13.6. The van der Waals surface area contributed by atoms with E-state index in [0.717, 1.165) is 25.7 Å². The van der Waals surface area contributed by atoms with Crippen molar-refractivity contribution in [3.05, 3.63) is 87.2 Å². The van der Waals surface area contributed by atoms with Crippen molar-refractivity contribution in [3.63, 3.8) is 0 Å². The van der Waals surface area contributed by atoms with Gasteiger partial charge in [-0.05, 0) is 85.7 Å². The van der Waals surface area contributed by atoms with E-state index in [2.05, 4.69) is 5.16 Å². The number of carbonyl (C=O) groups excluding carboxylic acids is 2. The number of phenols is 1. The molecule has 1 saturated heterocycles. The number of ketones is 1. The molecular formula is C35H35NO14. The summed E-state index contributed by atoms with van der Waals surface area (Å²) in [7, 11) is 0. The number of aromatic nitrogens is 1. The fourth-order valence-electron chi connectivity index (χ4n) is 6.01. The van der Waals surface area contributed by atoms with E-state index < -0.39 is 48.4 Å². The molecule has 3 aromatic carbocycles. The smallest absolute Gasteiger partial charge is 0.335 e. The molecule has 0 bridgehead atoms. The summed E-state index contributed by atoms with van der Waals surface area (Å²) in [6.07, 6.45) is -6.05. The number of hydrogen-bond acceptors (Lipinski definition) is 13. The van der Waals surface area contributed by atoms with Crippen molar-refractivity contribution < 1.29 is 63.4 Å². The number of aryl methyl sites for hydroxylation is 1. The Labute approximate surface area is 283 Å². The van der Waals surface area contributed by atoms with Gasteiger partial charge in [0, 0.05) is 18.1 Å². The second-order valence-electron chi connectivity index (χ2n) is 12.2. The topological polar surface area (TPSA) is 235 Å². The van der Waals surface area contributed by atoms with E-state index in [-0.39, 0.29) is 53.7 Å². The molecule has 2 heterocycles. The molecule has 2 fully saturated rings. The number of benzene rings is 3. The molecule has 6 rings (SSSR count). The van der Waals surface area contributed by atoms with Gasteiger partial charge in [0.05, 0.1) is 17.1 Å². The first kappa shape index (κ1) is 34.6. The number of aliphatic carboxylic acids is 1. The highest BCUT2D eigenvalue weighted by molar-refractivity contribution is 6.11. The van der Waals surface area contributed by atoms with Gasteiger partial charge >= 0.3 is 11.9 Å². The van der Waals surface area contributed by atoms with Crippen LogP contribution in [0, 0.1) is 0 Å². The molecule has 264 valence electrons. The fraction of sp³-hybridized carbons (Fsp3) is 0.371. The number of aromatic hydroxyl groups is 1. The van der Waals surface area contributed by atoms with Crippen LogP contribution in [-0.2, 0) is 32.1 Å². The number of ether oxygens (including phenoxy) is 4. The van der Waals surface area contributed by atoms with Gasteiger partial charge in [-0.2, -0.15) is 5.16 Å². The van der Waals surface area contributed by atoms with Gasteiger partial charge < -0.3 is 49.0 Å². The Morgan fingerprint density at radius 1 is 0.920 bits per heavy atom. The molecule has 0 amide bonds. The fourth-order valence-corrected chi connectivity index (χ4v) is 6.01. The lowest BCUT2D eigenvalue weighted by Gasteiger charge is -2.37. The number of rotatable bonds is 12. The molecule has 50 heavy (non-hydrogen) atoms. The van der Waals surface area contributed by atoms with E-state index in [4.69, 9.17) is 23.5 Å². The predicted octanol–water partition coefficient (Wildman–Crippen LogP) is 2.33. The highest BCUT2D eigenvalue weighted by Gasteiger charge is 2.48. The molecule has 5 atom stereocenters. The number of phenolic OH excluding ortho intramolecular Hbond substituents is 1. The van der Waals surface area contributed by atoms with Crippen LogP contribution in [0.3, 0.4) is 0 Å². The van der Waals surface area contributed by atoms with Crippen molar-refractivity contribution in [1.82, 2.24) is 5.16 Å². The first-order valence-electron chi connectivity index (χ1n) is 16.0. The quantitative estimate of drug-likeness (QED) is 0.0923. The number of carbonyl (C=O) groups is 3. The van der Waals surface area contributed by atoms with Crippen LogP contribution in [0.15, 0.2) is 63.9 Å². The van der Waals surface area contributed by atoms with Crippen molar-refractivity contribution in [2.75, 3.05) is 0 Å². The normalized spacial score (nSPS) is 22.3. The molecule has 15 heteroatoms. The standard InChI is InChI=1S/C35H35NO14/c37-24-15-21(47-20-3-1-2-4-20)8-10-22(24)28(39)19-6-11-25(46-16-17-5-9-23-26(13-17)50-36-33(23)43)18(14-19)7-12-27(38)48-35-31(42)29(40)30(41)32(49-35)34(44)45/h5-6,8-11,13-15,20,29-32,35,37,40-42H,1-4,7,12,16H2,(H,36,43)(H,44,45)/t29-,30-,31+,32-,35+/m0/s1. The maximum Gasteiger partial charge on any atom is 0.335 e. The molecule has 2 aliphatic rings. The van der Waals surface area contributed by atoms with Crippen molar-refractivity contribution in [2.45, 2.75) is 81.9 Å². The van der Waals surface area contributed by atoms with Gasteiger partial charge in [-0.15, -0.1) is 0 Å². The van der Waals surface area contributed by atoms with Crippen molar-refractivity contribution in [2.24, 2.45) is 0 Å². The van der Waals surface area contributed by atoms with E-state index in [1.807, 2.05) is 0 Å². The van der Waals surface area contributed by atoms with Crippen LogP contribution in [0.25, 0.3) is 11.0 Å². The van der Waals surface area contributed by atoms with E-state index >= 15 is 0 Å². The molecule has 1 aliphatic heterocycles. The third-order valence-corrected chi connectivity index (χ3v) is 8.74. The number of fused-ring (bicyclic) bond motifs is 1. The number of aromatic amines is 1. The summed E-state index contributed by atoms with van der Waals surface area (Å²) < 4.78 is 27.3. The van der Waals surface area contributed by atoms with E-state index in [1.54, 1.807) is 24.3 Å². The highest BCUT2D eigenvalue weighted by atomic mass is 16.7. The Kier molecular flexibility index (Phi) is 10.2. The number of H-pyrrole nitrogens is 1. The van der Waals surface area contributed by atoms with Crippen LogP contribution in [-0.4, -0.2) is 85.2 Å².